The Morgan fingerprint density at radius 3 is 2.81 bits per heavy atom. The molecule has 0 radical (unpaired) electrons. The Labute approximate surface area is 122 Å². The topological polar surface area (TPSA) is 101 Å². The zero-order valence-electron chi connectivity index (χ0n) is 11.6. The average molecular weight is 294 g/mol. The van der Waals surface area contributed by atoms with Gasteiger partial charge in [0.1, 0.15) is 5.82 Å². The number of primary amides is 1. The Kier molecular flexibility index (Phi) is 4.74. The van der Waals surface area contributed by atoms with Crippen molar-refractivity contribution in [3.05, 3.63) is 24.0 Å². The second-order valence-electron chi connectivity index (χ2n) is 5.17. The van der Waals surface area contributed by atoms with E-state index >= 15 is 0 Å². The van der Waals surface area contributed by atoms with Gasteiger partial charge in [0.15, 0.2) is 0 Å². The number of nitrogens with zero attached hydrogens (tertiary/aromatic N) is 1. The van der Waals surface area contributed by atoms with Gasteiger partial charge in [-0.1, -0.05) is 6.42 Å². The maximum absolute atomic E-state index is 13.1. The SMILES string of the molecule is NC(=O)C1CCCCN1CC(=O)Nc1ccc(F)c(N)c1. The highest BCUT2D eigenvalue weighted by Crippen LogP contribution is 2.18. The largest absolute Gasteiger partial charge is 0.396 e. The highest BCUT2D eigenvalue weighted by Gasteiger charge is 2.28. The lowest BCUT2D eigenvalue weighted by Crippen LogP contribution is -2.50. The predicted octanol–water partition coefficient (Wildman–Crippen LogP) is 0.686. The van der Waals surface area contributed by atoms with Gasteiger partial charge in [-0.15, -0.1) is 0 Å². The summed E-state index contributed by atoms with van der Waals surface area (Å²) in [5.74, 6) is -1.22. The number of halogens is 1. The molecule has 0 aliphatic carbocycles. The highest BCUT2D eigenvalue weighted by atomic mass is 19.1. The van der Waals surface area contributed by atoms with Crippen LogP contribution in [0, 0.1) is 5.82 Å². The van der Waals surface area contributed by atoms with Crippen LogP contribution in [-0.4, -0.2) is 35.8 Å². The number of nitrogen functional groups attached to an aromatic ring is 1. The van der Waals surface area contributed by atoms with Crippen molar-refractivity contribution in [3.63, 3.8) is 0 Å². The summed E-state index contributed by atoms with van der Waals surface area (Å²) in [6, 6.07) is 3.58. The summed E-state index contributed by atoms with van der Waals surface area (Å²) in [7, 11) is 0. The molecule has 1 aliphatic rings. The molecule has 6 nitrogen and oxygen atoms in total. The van der Waals surface area contributed by atoms with Gasteiger partial charge in [-0.05, 0) is 37.6 Å². The van der Waals surface area contributed by atoms with E-state index < -0.39 is 17.8 Å². The number of carbonyl (C=O) groups is 2. The lowest BCUT2D eigenvalue weighted by Gasteiger charge is -2.32. The first-order chi connectivity index (χ1) is 9.97. The van der Waals surface area contributed by atoms with E-state index in [0.29, 0.717) is 18.7 Å². The van der Waals surface area contributed by atoms with Crippen molar-refractivity contribution >= 4 is 23.2 Å². The lowest BCUT2D eigenvalue weighted by atomic mass is 10.0. The van der Waals surface area contributed by atoms with Crippen LogP contribution >= 0.6 is 0 Å². The Morgan fingerprint density at radius 1 is 1.38 bits per heavy atom. The first-order valence-electron chi connectivity index (χ1n) is 6.85. The first-order valence-corrected chi connectivity index (χ1v) is 6.85. The van der Waals surface area contributed by atoms with Crippen molar-refractivity contribution in [2.75, 3.05) is 24.1 Å². The Bertz CT molecular complexity index is 550. The third kappa shape index (κ3) is 3.91. The summed E-state index contributed by atoms with van der Waals surface area (Å²) in [5, 5.41) is 2.64. The predicted molar refractivity (Wildman–Crippen MR) is 77.8 cm³/mol. The number of anilines is 2. The fraction of sp³-hybridized carbons (Fsp3) is 0.429. The van der Waals surface area contributed by atoms with Crippen molar-refractivity contribution < 1.29 is 14.0 Å². The maximum Gasteiger partial charge on any atom is 0.238 e. The molecule has 1 fully saturated rings. The zero-order valence-corrected chi connectivity index (χ0v) is 11.6. The molecule has 114 valence electrons. The second-order valence-corrected chi connectivity index (χ2v) is 5.17. The molecule has 0 aromatic heterocycles. The van der Waals surface area contributed by atoms with Crippen LogP contribution in [0.15, 0.2) is 18.2 Å². The van der Waals surface area contributed by atoms with Gasteiger partial charge in [0.05, 0.1) is 18.3 Å². The van der Waals surface area contributed by atoms with Gasteiger partial charge in [0.25, 0.3) is 0 Å². The number of hydrogen-bond acceptors (Lipinski definition) is 4. The van der Waals surface area contributed by atoms with E-state index in [2.05, 4.69) is 5.32 Å². The molecular weight excluding hydrogens is 275 g/mol. The molecule has 1 heterocycles. The average Bonchev–Trinajstić information content (AvgIpc) is 2.43. The number of hydrogen-bond donors (Lipinski definition) is 3. The second kappa shape index (κ2) is 6.53. The molecule has 1 aromatic carbocycles. The number of carbonyl (C=O) groups excluding carboxylic acids is 2. The molecule has 21 heavy (non-hydrogen) atoms. The summed E-state index contributed by atoms with van der Waals surface area (Å²) in [4.78, 5) is 25.2. The summed E-state index contributed by atoms with van der Waals surface area (Å²) in [6.45, 7) is 0.734. The van der Waals surface area contributed by atoms with E-state index in [0.717, 1.165) is 12.8 Å². The number of benzene rings is 1. The molecule has 1 atom stereocenters. The zero-order chi connectivity index (χ0) is 15.4. The van der Waals surface area contributed by atoms with Crippen LogP contribution in [0.25, 0.3) is 0 Å². The number of nitrogens with two attached hydrogens (primary N) is 2. The standard InChI is InChI=1S/C14H19FN4O2/c15-10-5-4-9(7-11(10)16)18-13(20)8-19-6-2-1-3-12(19)14(17)21/h4-5,7,12H,1-3,6,8,16H2,(H2,17,21)(H,18,20). The van der Waals surface area contributed by atoms with Gasteiger partial charge >= 0.3 is 0 Å². The third-order valence-corrected chi connectivity index (χ3v) is 3.57. The van der Waals surface area contributed by atoms with E-state index in [1.807, 2.05) is 0 Å². The van der Waals surface area contributed by atoms with E-state index in [-0.39, 0.29) is 18.1 Å². The summed E-state index contributed by atoms with van der Waals surface area (Å²) >= 11 is 0. The quantitative estimate of drug-likeness (QED) is 0.711. The highest BCUT2D eigenvalue weighted by molar-refractivity contribution is 5.93. The molecule has 2 rings (SSSR count). The van der Waals surface area contributed by atoms with E-state index in [1.54, 1.807) is 4.90 Å². The van der Waals surface area contributed by atoms with Crippen LogP contribution in [-0.2, 0) is 9.59 Å². The maximum atomic E-state index is 13.1. The van der Waals surface area contributed by atoms with Crippen LogP contribution in [0.3, 0.4) is 0 Å². The molecule has 7 heteroatoms. The number of piperidine rings is 1. The smallest absolute Gasteiger partial charge is 0.238 e. The molecule has 0 spiro atoms. The minimum absolute atomic E-state index is 0.0271. The van der Waals surface area contributed by atoms with Gasteiger partial charge in [-0.25, -0.2) is 4.39 Å². The Morgan fingerprint density at radius 2 is 2.14 bits per heavy atom. The molecule has 1 aromatic rings. The van der Waals surface area contributed by atoms with E-state index in [4.69, 9.17) is 11.5 Å². The van der Waals surface area contributed by atoms with E-state index in [1.165, 1.54) is 18.2 Å². The monoisotopic (exact) mass is 294 g/mol. The van der Waals surface area contributed by atoms with Crippen LogP contribution in [0.5, 0.6) is 0 Å². The molecule has 1 unspecified atom stereocenters. The molecule has 0 bridgehead atoms. The van der Waals surface area contributed by atoms with Crippen molar-refractivity contribution in [1.82, 2.24) is 4.90 Å². The first kappa shape index (κ1) is 15.2. The lowest BCUT2D eigenvalue weighted by molar-refractivity contribution is -0.126. The van der Waals surface area contributed by atoms with Crippen LogP contribution in [0.2, 0.25) is 0 Å². The summed E-state index contributed by atoms with van der Waals surface area (Å²) in [5.41, 5.74) is 11.2. The minimum Gasteiger partial charge on any atom is -0.396 e. The van der Waals surface area contributed by atoms with Crippen molar-refractivity contribution in [3.8, 4) is 0 Å². The number of nitrogens with one attached hydrogen (secondary N) is 1. The number of likely N-dealkylation sites (tertiary alicyclic amines) is 1. The number of rotatable bonds is 4. The van der Waals surface area contributed by atoms with Crippen molar-refractivity contribution in [1.29, 1.82) is 0 Å². The normalized spacial score (nSPS) is 19.2. The molecule has 5 N–H and O–H groups in total. The third-order valence-electron chi connectivity index (χ3n) is 3.57. The fourth-order valence-corrected chi connectivity index (χ4v) is 2.51. The van der Waals surface area contributed by atoms with Crippen LogP contribution < -0.4 is 16.8 Å². The summed E-state index contributed by atoms with van der Waals surface area (Å²) in [6.07, 6.45) is 2.53. The van der Waals surface area contributed by atoms with Crippen LogP contribution in [0.1, 0.15) is 19.3 Å². The van der Waals surface area contributed by atoms with Gasteiger partial charge in [0, 0.05) is 5.69 Å². The van der Waals surface area contributed by atoms with Crippen LogP contribution in [0.4, 0.5) is 15.8 Å². The van der Waals surface area contributed by atoms with Gasteiger partial charge in [-0.2, -0.15) is 0 Å². The molecule has 0 saturated carbocycles. The van der Waals surface area contributed by atoms with E-state index in [9.17, 15) is 14.0 Å². The minimum atomic E-state index is -0.530. The molecular formula is C14H19FN4O2. The van der Waals surface area contributed by atoms with Crippen molar-refractivity contribution in [2.45, 2.75) is 25.3 Å². The summed E-state index contributed by atoms with van der Waals surface area (Å²) < 4.78 is 13.1. The van der Waals surface area contributed by atoms with Gasteiger partial charge in [-0.3, -0.25) is 14.5 Å². The number of amides is 2. The molecule has 1 aliphatic heterocycles. The van der Waals surface area contributed by atoms with Crippen molar-refractivity contribution in [2.24, 2.45) is 5.73 Å². The molecule has 2 amide bonds. The molecule has 1 saturated heterocycles. The Balaban J connectivity index is 1.97. The Hall–Kier alpha value is -2.15. The fourth-order valence-electron chi connectivity index (χ4n) is 2.51. The van der Waals surface area contributed by atoms with Gasteiger partial charge < -0.3 is 16.8 Å². The van der Waals surface area contributed by atoms with Gasteiger partial charge in [0.2, 0.25) is 11.8 Å².